The normalized spacial score (nSPS) is 12.1. The summed E-state index contributed by atoms with van der Waals surface area (Å²) in [5.41, 5.74) is 2.19. The van der Waals surface area contributed by atoms with Gasteiger partial charge in [0.2, 0.25) is 0 Å². The van der Waals surface area contributed by atoms with Gasteiger partial charge in [0.25, 0.3) is 5.91 Å². The van der Waals surface area contributed by atoms with Crippen LogP contribution in [-0.4, -0.2) is 31.2 Å². The molecule has 0 aliphatic heterocycles. The molecule has 1 amide bonds. The number of ether oxygens (including phenoxy) is 1. The lowest BCUT2D eigenvalue weighted by molar-refractivity contribution is -0.175. The van der Waals surface area contributed by atoms with E-state index in [0.29, 0.717) is 0 Å². The van der Waals surface area contributed by atoms with Crippen molar-refractivity contribution in [2.75, 3.05) is 14.2 Å². The summed E-state index contributed by atoms with van der Waals surface area (Å²) in [5, 5.41) is 1.16. The molecule has 0 unspecified atom stereocenters. The summed E-state index contributed by atoms with van der Waals surface area (Å²) >= 11 is 0. The number of benzene rings is 1. The Morgan fingerprint density at radius 1 is 1.35 bits per heavy atom. The predicted molar refractivity (Wildman–Crippen MR) is 65.8 cm³/mol. The van der Waals surface area contributed by atoms with E-state index in [4.69, 9.17) is 9.57 Å². The van der Waals surface area contributed by atoms with Crippen molar-refractivity contribution in [2.24, 2.45) is 0 Å². The van der Waals surface area contributed by atoms with E-state index in [1.807, 2.05) is 32.0 Å². The van der Waals surface area contributed by atoms with Crippen molar-refractivity contribution in [3.05, 3.63) is 29.3 Å². The third-order valence-electron chi connectivity index (χ3n) is 2.79. The van der Waals surface area contributed by atoms with Gasteiger partial charge in [-0.3, -0.25) is 9.63 Å². The Balaban J connectivity index is 2.78. The van der Waals surface area contributed by atoms with E-state index >= 15 is 0 Å². The van der Waals surface area contributed by atoms with Crippen LogP contribution in [0.25, 0.3) is 0 Å². The summed E-state index contributed by atoms with van der Waals surface area (Å²) in [6.07, 6.45) is -0.569. The second kappa shape index (κ2) is 5.68. The summed E-state index contributed by atoms with van der Waals surface area (Å²) in [4.78, 5) is 16.6. The molecule has 0 aliphatic rings. The van der Waals surface area contributed by atoms with Gasteiger partial charge in [-0.15, -0.1) is 0 Å². The number of hydrogen-bond donors (Lipinski definition) is 0. The molecular formula is C13H19NO3. The number of hydrogen-bond acceptors (Lipinski definition) is 3. The fourth-order valence-corrected chi connectivity index (χ4v) is 1.44. The topological polar surface area (TPSA) is 38.8 Å². The summed E-state index contributed by atoms with van der Waals surface area (Å²) < 4.78 is 5.64. The number of hydroxylamine groups is 2. The minimum atomic E-state index is -0.569. The Hall–Kier alpha value is -1.55. The molecule has 0 heterocycles. The zero-order valence-corrected chi connectivity index (χ0v) is 11.0. The van der Waals surface area contributed by atoms with Gasteiger partial charge >= 0.3 is 0 Å². The molecule has 0 aliphatic carbocycles. The number of rotatable bonds is 4. The maximum atomic E-state index is 11.8. The van der Waals surface area contributed by atoms with Crippen molar-refractivity contribution in [1.82, 2.24) is 5.06 Å². The van der Waals surface area contributed by atoms with Crippen LogP contribution in [0.4, 0.5) is 0 Å². The van der Waals surface area contributed by atoms with Crippen LogP contribution < -0.4 is 4.74 Å². The predicted octanol–water partition coefficient (Wildman–Crippen LogP) is 2.09. The average Bonchev–Trinajstić information content (AvgIpc) is 2.32. The number of carbonyl (C=O) groups excluding carboxylic acids is 1. The molecule has 1 atom stereocenters. The highest BCUT2D eigenvalue weighted by Gasteiger charge is 2.19. The lowest BCUT2D eigenvalue weighted by atomic mass is 10.1. The van der Waals surface area contributed by atoms with Crippen LogP contribution in [0.2, 0.25) is 0 Å². The number of nitrogens with zero attached hydrogens (tertiary/aromatic N) is 1. The first-order valence-electron chi connectivity index (χ1n) is 5.52. The van der Waals surface area contributed by atoms with Gasteiger partial charge in [0.1, 0.15) is 5.75 Å². The minimum Gasteiger partial charge on any atom is -0.481 e. The van der Waals surface area contributed by atoms with Gasteiger partial charge in [-0.1, -0.05) is 12.1 Å². The molecule has 94 valence electrons. The molecule has 0 saturated heterocycles. The third-order valence-corrected chi connectivity index (χ3v) is 2.79. The summed E-state index contributed by atoms with van der Waals surface area (Å²) in [6, 6.07) is 5.78. The largest absolute Gasteiger partial charge is 0.481 e. The number of carbonyl (C=O) groups is 1. The first-order valence-corrected chi connectivity index (χ1v) is 5.52. The number of aryl methyl sites for hydroxylation is 1. The fourth-order valence-electron chi connectivity index (χ4n) is 1.44. The van der Waals surface area contributed by atoms with Crippen LogP contribution >= 0.6 is 0 Å². The first kappa shape index (κ1) is 13.5. The molecule has 4 nitrogen and oxygen atoms in total. The van der Waals surface area contributed by atoms with Crippen LogP contribution in [0.15, 0.2) is 18.2 Å². The monoisotopic (exact) mass is 237 g/mol. The van der Waals surface area contributed by atoms with Crippen LogP contribution in [0.1, 0.15) is 18.1 Å². The highest BCUT2D eigenvalue weighted by Crippen LogP contribution is 2.22. The van der Waals surface area contributed by atoms with Crippen molar-refractivity contribution in [1.29, 1.82) is 0 Å². The molecule has 1 aromatic carbocycles. The van der Waals surface area contributed by atoms with Crippen LogP contribution in [0, 0.1) is 13.8 Å². The first-order chi connectivity index (χ1) is 7.97. The molecule has 0 bridgehead atoms. The van der Waals surface area contributed by atoms with Gasteiger partial charge in [0.15, 0.2) is 6.10 Å². The molecule has 0 saturated carbocycles. The Labute approximate surface area is 102 Å². The fraction of sp³-hybridized carbons (Fsp3) is 0.462. The molecule has 4 heteroatoms. The Bertz CT molecular complexity index is 404. The van der Waals surface area contributed by atoms with Crippen LogP contribution in [-0.2, 0) is 9.63 Å². The minimum absolute atomic E-state index is 0.214. The van der Waals surface area contributed by atoms with Gasteiger partial charge in [0, 0.05) is 7.05 Å². The summed E-state index contributed by atoms with van der Waals surface area (Å²) in [7, 11) is 3.01. The molecule has 0 fully saturated rings. The molecular weight excluding hydrogens is 218 g/mol. The van der Waals surface area contributed by atoms with Gasteiger partial charge in [0.05, 0.1) is 7.11 Å². The second-order valence-corrected chi connectivity index (χ2v) is 3.98. The van der Waals surface area contributed by atoms with Gasteiger partial charge in [-0.2, -0.15) is 0 Å². The van der Waals surface area contributed by atoms with Crippen molar-refractivity contribution >= 4 is 5.91 Å². The third kappa shape index (κ3) is 3.20. The highest BCUT2D eigenvalue weighted by molar-refractivity contribution is 5.79. The van der Waals surface area contributed by atoms with Crippen molar-refractivity contribution < 1.29 is 14.4 Å². The molecule has 0 aromatic heterocycles. The van der Waals surface area contributed by atoms with Crippen LogP contribution in [0.5, 0.6) is 5.75 Å². The smallest absolute Gasteiger partial charge is 0.286 e. The lowest BCUT2D eigenvalue weighted by Crippen LogP contribution is -2.37. The molecule has 0 radical (unpaired) electrons. The van der Waals surface area contributed by atoms with Crippen molar-refractivity contribution in [3.63, 3.8) is 0 Å². The molecule has 17 heavy (non-hydrogen) atoms. The Kier molecular flexibility index (Phi) is 4.52. The number of amides is 1. The highest BCUT2D eigenvalue weighted by atomic mass is 16.7. The van der Waals surface area contributed by atoms with Gasteiger partial charge in [-0.25, -0.2) is 5.06 Å². The van der Waals surface area contributed by atoms with Gasteiger partial charge in [-0.05, 0) is 38.0 Å². The zero-order chi connectivity index (χ0) is 13.0. The molecule has 0 N–H and O–H groups in total. The maximum absolute atomic E-state index is 11.8. The molecule has 0 spiro atoms. The van der Waals surface area contributed by atoms with Gasteiger partial charge < -0.3 is 4.74 Å². The van der Waals surface area contributed by atoms with E-state index in [0.717, 1.165) is 21.9 Å². The molecule has 1 rings (SSSR count). The zero-order valence-electron chi connectivity index (χ0n) is 11.0. The Morgan fingerprint density at radius 2 is 2.00 bits per heavy atom. The maximum Gasteiger partial charge on any atom is 0.286 e. The average molecular weight is 237 g/mol. The van der Waals surface area contributed by atoms with Crippen molar-refractivity contribution in [3.8, 4) is 5.75 Å². The number of likely N-dealkylation sites (N-methyl/N-ethyl adjacent to an activating group) is 1. The SMILES string of the molecule is CON(C)C(=O)[C@H](C)Oc1cccc(C)c1C. The lowest BCUT2D eigenvalue weighted by Gasteiger charge is -2.21. The van der Waals surface area contributed by atoms with E-state index in [9.17, 15) is 4.79 Å². The van der Waals surface area contributed by atoms with E-state index in [1.54, 1.807) is 14.0 Å². The van der Waals surface area contributed by atoms with E-state index in [1.165, 1.54) is 7.11 Å². The summed E-state index contributed by atoms with van der Waals surface area (Å²) in [6.45, 7) is 5.69. The van der Waals surface area contributed by atoms with E-state index in [2.05, 4.69) is 0 Å². The second-order valence-electron chi connectivity index (χ2n) is 3.98. The quantitative estimate of drug-likeness (QED) is 0.753. The Morgan fingerprint density at radius 3 is 2.59 bits per heavy atom. The van der Waals surface area contributed by atoms with Crippen molar-refractivity contribution in [2.45, 2.75) is 26.9 Å². The van der Waals surface area contributed by atoms with E-state index in [-0.39, 0.29) is 5.91 Å². The van der Waals surface area contributed by atoms with Crippen LogP contribution in [0.3, 0.4) is 0 Å². The standard InChI is InChI=1S/C13H19NO3/c1-9-7-6-8-12(10(9)2)17-11(3)13(15)14(4)16-5/h6-8,11H,1-5H3/t11-/m0/s1. The molecule has 1 aromatic rings. The van der Waals surface area contributed by atoms with E-state index < -0.39 is 6.10 Å². The summed E-state index contributed by atoms with van der Waals surface area (Å²) in [5.74, 6) is 0.517.